The molecule has 6 heteroatoms. The molecule has 0 radical (unpaired) electrons. The minimum absolute atomic E-state index is 0.271. The van der Waals surface area contributed by atoms with Crippen LogP contribution in [0.15, 0.2) is 61.2 Å². The van der Waals surface area contributed by atoms with Crippen LogP contribution in [0.25, 0.3) is 10.8 Å². The van der Waals surface area contributed by atoms with Crippen molar-refractivity contribution in [3.8, 4) is 5.75 Å². The third kappa shape index (κ3) is 2.30. The molecule has 0 saturated carbocycles. The molecule has 0 N–H and O–H groups in total. The summed E-state index contributed by atoms with van der Waals surface area (Å²) in [6.07, 6.45) is 3.87. The van der Waals surface area contributed by atoms with Gasteiger partial charge >= 0.3 is 10.3 Å². The summed E-state index contributed by atoms with van der Waals surface area (Å²) in [7, 11) is -3.88. The quantitative estimate of drug-likeness (QED) is 0.734. The number of hydrogen-bond acceptors (Lipinski definition) is 4. The molecular formula is C13H10N2O3S. The zero-order valence-corrected chi connectivity index (χ0v) is 10.6. The number of fused-ring (bicyclic) bond motifs is 1. The van der Waals surface area contributed by atoms with Gasteiger partial charge in [-0.15, -0.1) is 0 Å². The fourth-order valence-electron chi connectivity index (χ4n) is 1.76. The van der Waals surface area contributed by atoms with E-state index in [-0.39, 0.29) is 5.75 Å². The molecule has 0 saturated heterocycles. The highest BCUT2D eigenvalue weighted by atomic mass is 32.2. The van der Waals surface area contributed by atoms with Gasteiger partial charge in [0, 0.05) is 12.4 Å². The van der Waals surface area contributed by atoms with Crippen LogP contribution in [0.2, 0.25) is 0 Å². The van der Waals surface area contributed by atoms with E-state index in [0.717, 1.165) is 14.7 Å². The van der Waals surface area contributed by atoms with Gasteiger partial charge in [-0.1, -0.05) is 30.3 Å². The molecule has 0 fully saturated rings. The summed E-state index contributed by atoms with van der Waals surface area (Å²) >= 11 is 0. The van der Waals surface area contributed by atoms with E-state index in [1.165, 1.54) is 18.7 Å². The molecule has 3 rings (SSSR count). The number of nitrogens with zero attached hydrogens (tertiary/aromatic N) is 2. The van der Waals surface area contributed by atoms with E-state index in [1.807, 2.05) is 30.3 Å². The highest BCUT2D eigenvalue weighted by Crippen LogP contribution is 2.22. The molecule has 0 aliphatic rings. The first kappa shape index (κ1) is 11.7. The average Bonchev–Trinajstić information content (AvgIpc) is 2.93. The molecule has 0 atom stereocenters. The van der Waals surface area contributed by atoms with Crippen molar-refractivity contribution in [2.75, 3.05) is 0 Å². The minimum Gasteiger partial charge on any atom is -0.366 e. The summed E-state index contributed by atoms with van der Waals surface area (Å²) in [5, 5.41) is 1.94. The average molecular weight is 274 g/mol. The van der Waals surface area contributed by atoms with E-state index in [0.29, 0.717) is 0 Å². The van der Waals surface area contributed by atoms with Crippen molar-refractivity contribution in [3.05, 3.63) is 61.2 Å². The zero-order valence-electron chi connectivity index (χ0n) is 9.80. The SMILES string of the molecule is O=S(=O)(Oc1ccc2ccccc2c1)n1ccnc1. The van der Waals surface area contributed by atoms with Crippen molar-refractivity contribution >= 4 is 21.1 Å². The first-order valence-corrected chi connectivity index (χ1v) is 6.93. The Morgan fingerprint density at radius 3 is 2.58 bits per heavy atom. The lowest BCUT2D eigenvalue weighted by atomic mass is 10.1. The molecule has 1 heterocycles. The van der Waals surface area contributed by atoms with E-state index in [4.69, 9.17) is 4.18 Å². The summed E-state index contributed by atoms with van der Waals surface area (Å²) in [5.74, 6) is 0.271. The van der Waals surface area contributed by atoms with Gasteiger partial charge in [0.05, 0.1) is 0 Å². The Labute approximate surface area is 110 Å². The lowest BCUT2D eigenvalue weighted by molar-refractivity contribution is 0.476. The summed E-state index contributed by atoms with van der Waals surface area (Å²) < 4.78 is 29.8. The third-order valence-electron chi connectivity index (χ3n) is 2.66. The molecule has 2 aromatic carbocycles. The molecule has 19 heavy (non-hydrogen) atoms. The number of benzene rings is 2. The predicted octanol–water partition coefficient (Wildman–Crippen LogP) is 2.21. The van der Waals surface area contributed by atoms with E-state index in [2.05, 4.69) is 4.98 Å². The Hall–Kier alpha value is -2.34. The summed E-state index contributed by atoms with van der Waals surface area (Å²) in [5.41, 5.74) is 0. The van der Waals surface area contributed by atoms with Crippen LogP contribution in [0, 0.1) is 0 Å². The standard InChI is InChI=1S/C13H10N2O3S/c16-19(17,15-8-7-14-10-15)18-13-6-5-11-3-1-2-4-12(11)9-13/h1-10H. The van der Waals surface area contributed by atoms with Crippen LogP contribution in [-0.2, 0) is 10.3 Å². The van der Waals surface area contributed by atoms with Gasteiger partial charge in [-0.25, -0.2) is 8.96 Å². The van der Waals surface area contributed by atoms with Crippen LogP contribution < -0.4 is 4.18 Å². The fourth-order valence-corrected chi connectivity index (χ4v) is 2.57. The van der Waals surface area contributed by atoms with Crippen molar-refractivity contribution in [1.29, 1.82) is 0 Å². The molecule has 0 aliphatic heterocycles. The zero-order chi connectivity index (χ0) is 13.3. The maximum Gasteiger partial charge on any atom is 0.414 e. The van der Waals surface area contributed by atoms with E-state index >= 15 is 0 Å². The monoisotopic (exact) mass is 274 g/mol. The van der Waals surface area contributed by atoms with Crippen LogP contribution in [0.4, 0.5) is 0 Å². The van der Waals surface area contributed by atoms with Gasteiger partial charge in [-0.05, 0) is 22.9 Å². The first-order chi connectivity index (χ1) is 9.15. The smallest absolute Gasteiger partial charge is 0.366 e. The second-order valence-electron chi connectivity index (χ2n) is 3.94. The topological polar surface area (TPSA) is 61.2 Å². The van der Waals surface area contributed by atoms with E-state index in [9.17, 15) is 8.42 Å². The molecular weight excluding hydrogens is 264 g/mol. The third-order valence-corrected chi connectivity index (χ3v) is 3.80. The summed E-state index contributed by atoms with van der Waals surface area (Å²) in [6, 6.07) is 12.8. The summed E-state index contributed by atoms with van der Waals surface area (Å²) in [6.45, 7) is 0. The van der Waals surface area contributed by atoms with Crippen molar-refractivity contribution < 1.29 is 12.6 Å². The molecule has 5 nitrogen and oxygen atoms in total. The van der Waals surface area contributed by atoms with Gasteiger partial charge in [0.15, 0.2) is 0 Å². The van der Waals surface area contributed by atoms with Crippen LogP contribution in [0.5, 0.6) is 5.75 Å². The predicted molar refractivity (Wildman–Crippen MR) is 71.1 cm³/mol. The molecule has 0 aliphatic carbocycles. The number of aromatic nitrogens is 2. The second-order valence-corrected chi connectivity index (χ2v) is 5.39. The molecule has 96 valence electrons. The maximum absolute atomic E-state index is 11.9. The maximum atomic E-state index is 11.9. The van der Waals surface area contributed by atoms with Gasteiger partial charge in [0.1, 0.15) is 12.1 Å². The Morgan fingerprint density at radius 1 is 1.05 bits per heavy atom. The minimum atomic E-state index is -3.88. The molecule has 0 spiro atoms. The van der Waals surface area contributed by atoms with E-state index < -0.39 is 10.3 Å². The molecule has 0 amide bonds. The van der Waals surface area contributed by atoms with Gasteiger partial charge in [0.25, 0.3) is 0 Å². The van der Waals surface area contributed by atoms with Crippen molar-refractivity contribution in [2.45, 2.75) is 0 Å². The second kappa shape index (κ2) is 4.40. The molecule has 0 unspecified atom stereocenters. The van der Waals surface area contributed by atoms with Crippen LogP contribution in [-0.4, -0.2) is 17.4 Å². The molecule has 3 aromatic rings. The van der Waals surface area contributed by atoms with Crippen molar-refractivity contribution in [1.82, 2.24) is 8.96 Å². The van der Waals surface area contributed by atoms with Gasteiger partial charge in [0.2, 0.25) is 0 Å². The normalized spacial score (nSPS) is 11.6. The Bertz CT molecular complexity index is 811. The largest absolute Gasteiger partial charge is 0.414 e. The Kier molecular flexibility index (Phi) is 2.72. The fraction of sp³-hybridized carbons (Fsp3) is 0. The highest BCUT2D eigenvalue weighted by molar-refractivity contribution is 7.85. The Morgan fingerprint density at radius 2 is 1.84 bits per heavy atom. The van der Waals surface area contributed by atoms with Crippen LogP contribution in [0.1, 0.15) is 0 Å². The lowest BCUT2D eigenvalue weighted by Crippen LogP contribution is -2.17. The number of hydrogen-bond donors (Lipinski definition) is 0. The summed E-state index contributed by atoms with van der Waals surface area (Å²) in [4.78, 5) is 3.68. The van der Waals surface area contributed by atoms with Crippen molar-refractivity contribution in [3.63, 3.8) is 0 Å². The molecule has 1 aromatic heterocycles. The Balaban J connectivity index is 1.98. The van der Waals surface area contributed by atoms with Gasteiger partial charge < -0.3 is 4.18 Å². The number of imidazole rings is 1. The van der Waals surface area contributed by atoms with E-state index in [1.54, 1.807) is 12.1 Å². The van der Waals surface area contributed by atoms with Crippen LogP contribution in [0.3, 0.4) is 0 Å². The van der Waals surface area contributed by atoms with Gasteiger partial charge in [-0.3, -0.25) is 0 Å². The molecule has 0 bridgehead atoms. The number of rotatable bonds is 3. The first-order valence-electron chi connectivity index (χ1n) is 5.57. The van der Waals surface area contributed by atoms with Crippen LogP contribution >= 0.6 is 0 Å². The van der Waals surface area contributed by atoms with Crippen molar-refractivity contribution in [2.24, 2.45) is 0 Å². The van der Waals surface area contributed by atoms with Gasteiger partial charge in [-0.2, -0.15) is 8.42 Å². The highest BCUT2D eigenvalue weighted by Gasteiger charge is 2.14. The lowest BCUT2D eigenvalue weighted by Gasteiger charge is -2.07.